The van der Waals surface area contributed by atoms with Crippen molar-refractivity contribution in [2.75, 3.05) is 4.90 Å². The second kappa shape index (κ2) is 17.9. The van der Waals surface area contributed by atoms with Gasteiger partial charge in [-0.3, -0.25) is 0 Å². The van der Waals surface area contributed by atoms with Crippen molar-refractivity contribution in [1.82, 2.24) is 0 Å². The Kier molecular flexibility index (Phi) is 10.5. The summed E-state index contributed by atoms with van der Waals surface area (Å²) in [5.74, 6) is 0. The molecule has 0 saturated carbocycles. The zero-order valence-corrected chi connectivity index (χ0v) is 40.7. The average molecular weight is 940 g/mol. The van der Waals surface area contributed by atoms with Crippen molar-refractivity contribution in [3.05, 3.63) is 320 Å². The van der Waals surface area contributed by atoms with Crippen LogP contribution in [0.4, 0.5) is 17.1 Å². The van der Waals surface area contributed by atoms with Gasteiger partial charge in [0.1, 0.15) is 0 Å². The minimum absolute atomic E-state index is 0.536. The summed E-state index contributed by atoms with van der Waals surface area (Å²) in [4.78, 5) is 2.51. The molecule has 12 aromatic carbocycles. The summed E-state index contributed by atoms with van der Waals surface area (Å²) in [7, 11) is 0. The third-order valence-electron chi connectivity index (χ3n) is 15.4. The van der Waals surface area contributed by atoms with Crippen LogP contribution in [0.25, 0.3) is 89.0 Å². The Labute approximate surface area is 433 Å². The van der Waals surface area contributed by atoms with Crippen molar-refractivity contribution in [2.24, 2.45) is 0 Å². The van der Waals surface area contributed by atoms with Crippen molar-refractivity contribution in [2.45, 2.75) is 5.41 Å². The van der Waals surface area contributed by atoms with Crippen LogP contribution < -0.4 is 4.90 Å². The second-order valence-corrected chi connectivity index (χ2v) is 19.6. The maximum absolute atomic E-state index is 2.51. The molecule has 0 N–H and O–H groups in total. The van der Waals surface area contributed by atoms with E-state index in [0.29, 0.717) is 0 Å². The minimum Gasteiger partial charge on any atom is -0.310 e. The van der Waals surface area contributed by atoms with E-state index in [0.717, 1.165) is 28.2 Å². The van der Waals surface area contributed by atoms with Gasteiger partial charge in [0, 0.05) is 16.9 Å². The third-order valence-corrected chi connectivity index (χ3v) is 15.4. The maximum Gasteiger partial charge on any atom is 0.0746 e. The molecule has 2 aliphatic rings. The van der Waals surface area contributed by atoms with Gasteiger partial charge < -0.3 is 4.90 Å². The molecule has 0 fully saturated rings. The molecule has 1 nitrogen and oxygen atoms in total. The van der Waals surface area contributed by atoms with Gasteiger partial charge in [-0.2, -0.15) is 0 Å². The van der Waals surface area contributed by atoms with E-state index in [-0.39, 0.29) is 0 Å². The Hall–Kier alpha value is -9.56. The number of fused-ring (bicyclic) bond motifs is 10. The quantitative estimate of drug-likeness (QED) is 0.139. The first kappa shape index (κ1) is 43.2. The summed E-state index contributed by atoms with van der Waals surface area (Å²) in [5.41, 5.74) is 27.4. The molecule has 0 bridgehead atoms. The SMILES string of the molecule is c1ccc(-c2cc(-c3ccccc3)cc(-c3ccc(N(c4ccc(-c5cc(-c6ccccc6)cc(-c6ccccc6)c5)cc4)c4cccc5c4C4(c6ccccc6-c6ccccc64)c4ccccc4-5)cc3)c2)cc1. The molecule has 0 saturated heterocycles. The van der Waals surface area contributed by atoms with Crippen LogP contribution in [0.2, 0.25) is 0 Å². The number of benzene rings is 12. The summed E-state index contributed by atoms with van der Waals surface area (Å²) in [6.07, 6.45) is 0. The molecule has 12 aromatic rings. The highest BCUT2D eigenvalue weighted by atomic mass is 15.1. The summed E-state index contributed by atoms with van der Waals surface area (Å²) in [5, 5.41) is 0. The molecule has 0 aliphatic heterocycles. The van der Waals surface area contributed by atoms with E-state index < -0.39 is 5.41 Å². The topological polar surface area (TPSA) is 3.24 Å². The normalized spacial score (nSPS) is 12.4. The van der Waals surface area contributed by atoms with Crippen LogP contribution in [0.15, 0.2) is 297 Å². The fourth-order valence-corrected chi connectivity index (χ4v) is 12.1. The van der Waals surface area contributed by atoms with Crippen LogP contribution >= 0.6 is 0 Å². The lowest BCUT2D eigenvalue weighted by Gasteiger charge is -2.36. The molecule has 0 heterocycles. The first-order valence-electron chi connectivity index (χ1n) is 25.6. The fraction of sp³-hybridized carbons (Fsp3) is 0.0137. The van der Waals surface area contributed by atoms with Crippen LogP contribution in [-0.4, -0.2) is 0 Å². The summed E-state index contributed by atoms with van der Waals surface area (Å²) in [6.45, 7) is 0. The van der Waals surface area contributed by atoms with Crippen molar-refractivity contribution in [3.8, 4) is 89.0 Å². The van der Waals surface area contributed by atoms with E-state index in [1.807, 2.05) is 0 Å². The van der Waals surface area contributed by atoms with Gasteiger partial charge in [-0.1, -0.05) is 231 Å². The molecular formula is C73H49N. The van der Waals surface area contributed by atoms with E-state index in [1.165, 1.54) is 100 Å². The van der Waals surface area contributed by atoms with E-state index in [2.05, 4.69) is 302 Å². The smallest absolute Gasteiger partial charge is 0.0746 e. The van der Waals surface area contributed by atoms with Gasteiger partial charge in [0.15, 0.2) is 0 Å². The summed E-state index contributed by atoms with van der Waals surface area (Å²) < 4.78 is 0. The van der Waals surface area contributed by atoms with E-state index >= 15 is 0 Å². The van der Waals surface area contributed by atoms with Gasteiger partial charge in [-0.15, -0.1) is 0 Å². The maximum atomic E-state index is 2.51. The molecule has 2 aliphatic carbocycles. The van der Waals surface area contributed by atoms with Crippen LogP contribution in [0, 0.1) is 0 Å². The molecule has 14 rings (SSSR count). The number of anilines is 3. The average Bonchev–Trinajstić information content (AvgIpc) is 3.99. The minimum atomic E-state index is -0.536. The van der Waals surface area contributed by atoms with Crippen molar-refractivity contribution in [1.29, 1.82) is 0 Å². The van der Waals surface area contributed by atoms with Crippen LogP contribution in [0.1, 0.15) is 22.3 Å². The Balaban J connectivity index is 0.961. The van der Waals surface area contributed by atoms with Gasteiger partial charge in [-0.05, 0) is 172 Å². The molecule has 0 atom stereocenters. The predicted molar refractivity (Wildman–Crippen MR) is 310 cm³/mol. The summed E-state index contributed by atoms with van der Waals surface area (Å²) >= 11 is 0. The standard InChI is InChI=1S/C73H49N/c1-5-20-50(21-6-1)56-44-57(51-22-7-2-8-23-51)47-60(46-56)54-36-40-62(41-37-54)74(63-42-38-55(39-43-63)61-48-58(52-24-9-3-10-25-52)45-59(49-61)53-26-11-4-12-27-53)71-35-19-31-67-66-30-15-18-34-70(66)73(72(67)71)68-32-16-13-28-64(68)65-29-14-17-33-69(65)73/h1-49H. The Bertz CT molecular complexity index is 3680. The number of hydrogen-bond donors (Lipinski definition) is 0. The Morgan fingerprint density at radius 2 is 0.473 bits per heavy atom. The molecule has 1 spiro atoms. The number of nitrogens with zero attached hydrogens (tertiary/aromatic N) is 1. The second-order valence-electron chi connectivity index (χ2n) is 19.6. The van der Waals surface area contributed by atoms with Gasteiger partial charge in [-0.25, -0.2) is 0 Å². The van der Waals surface area contributed by atoms with Crippen LogP contribution in [-0.2, 0) is 5.41 Å². The number of hydrogen-bond acceptors (Lipinski definition) is 1. The van der Waals surface area contributed by atoms with Crippen LogP contribution in [0.5, 0.6) is 0 Å². The predicted octanol–water partition coefficient (Wildman–Crippen LogP) is 19.5. The van der Waals surface area contributed by atoms with Crippen molar-refractivity contribution < 1.29 is 0 Å². The largest absolute Gasteiger partial charge is 0.310 e. The first-order chi connectivity index (χ1) is 36.7. The third kappa shape index (κ3) is 7.16. The van der Waals surface area contributed by atoms with E-state index in [1.54, 1.807) is 0 Å². The van der Waals surface area contributed by atoms with Crippen LogP contribution in [0.3, 0.4) is 0 Å². The Morgan fingerprint density at radius 3 is 0.811 bits per heavy atom. The van der Waals surface area contributed by atoms with E-state index in [4.69, 9.17) is 0 Å². The molecule has 0 amide bonds. The molecule has 346 valence electrons. The number of rotatable bonds is 9. The highest BCUT2D eigenvalue weighted by Crippen LogP contribution is 2.65. The lowest BCUT2D eigenvalue weighted by molar-refractivity contribution is 0.793. The molecule has 1 heteroatoms. The van der Waals surface area contributed by atoms with Gasteiger partial charge in [0.05, 0.1) is 11.1 Å². The highest BCUT2D eigenvalue weighted by molar-refractivity contribution is 6.00. The molecule has 0 aromatic heterocycles. The first-order valence-corrected chi connectivity index (χ1v) is 25.6. The van der Waals surface area contributed by atoms with E-state index in [9.17, 15) is 0 Å². The molecular weight excluding hydrogens is 891 g/mol. The van der Waals surface area contributed by atoms with Gasteiger partial charge >= 0.3 is 0 Å². The summed E-state index contributed by atoms with van der Waals surface area (Å²) in [6, 6.07) is 110. The fourth-order valence-electron chi connectivity index (χ4n) is 12.1. The Morgan fingerprint density at radius 1 is 0.203 bits per heavy atom. The lowest BCUT2D eigenvalue weighted by atomic mass is 9.70. The molecule has 74 heavy (non-hydrogen) atoms. The molecule has 0 radical (unpaired) electrons. The molecule has 0 unspecified atom stereocenters. The van der Waals surface area contributed by atoms with Crippen molar-refractivity contribution >= 4 is 17.1 Å². The van der Waals surface area contributed by atoms with Crippen molar-refractivity contribution in [3.63, 3.8) is 0 Å². The highest BCUT2D eigenvalue weighted by Gasteiger charge is 2.53. The monoisotopic (exact) mass is 939 g/mol. The zero-order valence-electron chi connectivity index (χ0n) is 40.7. The lowest BCUT2D eigenvalue weighted by Crippen LogP contribution is -2.28. The zero-order chi connectivity index (χ0) is 49.0. The van der Waals surface area contributed by atoms with Gasteiger partial charge in [0.2, 0.25) is 0 Å². The van der Waals surface area contributed by atoms with Gasteiger partial charge in [0.25, 0.3) is 0 Å².